The van der Waals surface area contributed by atoms with Crippen LogP contribution in [0.5, 0.6) is 0 Å². The largest absolute Gasteiger partial charge is 0.360 e. The van der Waals surface area contributed by atoms with Gasteiger partial charge in [0.25, 0.3) is 0 Å². The number of hydrogen-bond acceptors (Lipinski definition) is 3. The molecule has 1 heterocycles. The summed E-state index contributed by atoms with van der Waals surface area (Å²) in [6.45, 7) is 1.82. The Bertz CT molecular complexity index is 166. The van der Waals surface area contributed by atoms with Gasteiger partial charge in [0.1, 0.15) is 5.50 Å². The Balaban J connectivity index is 2.67. The molecule has 3 nitrogen and oxygen atoms in total. The highest BCUT2D eigenvalue weighted by atomic mass is 32.1. The molecule has 1 rings (SSSR count). The van der Waals surface area contributed by atoms with Crippen molar-refractivity contribution in [3.8, 4) is 0 Å². The minimum absolute atomic E-state index is 0.0914. The molecule has 4 heteroatoms. The summed E-state index contributed by atoms with van der Waals surface area (Å²) < 4.78 is 0. The molecule has 0 aromatic rings. The normalized spacial score (nSPS) is 26.2. The van der Waals surface area contributed by atoms with E-state index in [2.05, 4.69) is 23.3 Å². The minimum atomic E-state index is -0.234. The maximum atomic E-state index is 10.6. The van der Waals surface area contributed by atoms with Gasteiger partial charge in [0.2, 0.25) is 5.91 Å². The van der Waals surface area contributed by atoms with Crippen molar-refractivity contribution in [3.05, 3.63) is 11.8 Å². The van der Waals surface area contributed by atoms with Gasteiger partial charge in [-0.2, -0.15) is 0 Å². The maximum Gasteiger partial charge on any atom is 0.247 e. The van der Waals surface area contributed by atoms with E-state index in [1.165, 1.54) is 6.08 Å². The van der Waals surface area contributed by atoms with E-state index < -0.39 is 0 Å². The first-order valence-corrected chi connectivity index (χ1v) is 3.13. The van der Waals surface area contributed by atoms with Gasteiger partial charge in [-0.1, -0.05) is 0 Å². The Morgan fingerprint density at radius 2 is 2.33 bits per heavy atom. The number of hydrogen-bond donors (Lipinski definition) is 3. The number of amides is 1. The quantitative estimate of drug-likeness (QED) is 0.413. The molecule has 0 aromatic heterocycles. The van der Waals surface area contributed by atoms with E-state index in [1.807, 2.05) is 6.92 Å². The molecule has 9 heavy (non-hydrogen) atoms. The summed E-state index contributed by atoms with van der Waals surface area (Å²) in [5, 5.41) is 5.45. The Morgan fingerprint density at radius 1 is 1.67 bits per heavy atom. The van der Waals surface area contributed by atoms with Crippen LogP contribution in [-0.2, 0) is 4.79 Å². The van der Waals surface area contributed by atoms with Crippen molar-refractivity contribution in [2.45, 2.75) is 12.4 Å². The minimum Gasteiger partial charge on any atom is -0.360 e. The van der Waals surface area contributed by atoms with Crippen molar-refractivity contribution in [1.82, 2.24) is 10.6 Å². The zero-order valence-electron chi connectivity index (χ0n) is 5.01. The second kappa shape index (κ2) is 2.31. The maximum absolute atomic E-state index is 10.6. The van der Waals surface area contributed by atoms with Gasteiger partial charge >= 0.3 is 0 Å². The highest BCUT2D eigenvalue weighted by molar-refractivity contribution is 7.80. The van der Waals surface area contributed by atoms with E-state index in [0.717, 1.165) is 5.70 Å². The summed E-state index contributed by atoms with van der Waals surface area (Å²) in [5.41, 5.74) is 0.612. The summed E-state index contributed by atoms with van der Waals surface area (Å²) in [4.78, 5) is 10.6. The molecule has 0 aliphatic carbocycles. The summed E-state index contributed by atoms with van der Waals surface area (Å²) in [6.07, 6.45) is 1.49. The zero-order chi connectivity index (χ0) is 6.85. The average Bonchev–Trinajstić information content (AvgIpc) is 1.59. The summed E-state index contributed by atoms with van der Waals surface area (Å²) in [5.74, 6) is -0.0914. The first kappa shape index (κ1) is 6.48. The fourth-order valence-corrected chi connectivity index (χ4v) is 0.997. The number of allylic oxidation sites excluding steroid dienone is 1. The third-order valence-corrected chi connectivity index (χ3v) is 1.25. The van der Waals surface area contributed by atoms with Gasteiger partial charge in [-0.25, -0.2) is 0 Å². The van der Waals surface area contributed by atoms with E-state index in [-0.39, 0.29) is 11.4 Å². The number of nitrogens with one attached hydrogen (secondary N) is 2. The van der Waals surface area contributed by atoms with Crippen LogP contribution >= 0.6 is 12.6 Å². The molecule has 0 radical (unpaired) electrons. The van der Waals surface area contributed by atoms with Gasteiger partial charge in [-0.05, 0) is 6.92 Å². The summed E-state index contributed by atoms with van der Waals surface area (Å²) in [6, 6.07) is 0. The van der Waals surface area contributed by atoms with E-state index >= 15 is 0 Å². The van der Waals surface area contributed by atoms with Crippen molar-refractivity contribution in [2.24, 2.45) is 0 Å². The van der Waals surface area contributed by atoms with E-state index in [4.69, 9.17) is 0 Å². The highest BCUT2D eigenvalue weighted by Crippen LogP contribution is 1.97. The lowest BCUT2D eigenvalue weighted by molar-refractivity contribution is -0.117. The highest BCUT2D eigenvalue weighted by Gasteiger charge is 2.10. The molecule has 1 aliphatic rings. The van der Waals surface area contributed by atoms with Crippen LogP contribution in [0.15, 0.2) is 11.8 Å². The number of carbonyl (C=O) groups is 1. The van der Waals surface area contributed by atoms with E-state index in [1.54, 1.807) is 0 Å². The second-order valence-corrected chi connectivity index (χ2v) is 2.40. The standard InChI is InChI=1S/C5H8N2OS/c1-3-2-4(8)7-5(9)6-3/h2,5-6,9H,1H3,(H,7,8). The van der Waals surface area contributed by atoms with Crippen LogP contribution < -0.4 is 10.6 Å². The van der Waals surface area contributed by atoms with Gasteiger partial charge in [-0.15, -0.1) is 12.6 Å². The van der Waals surface area contributed by atoms with Gasteiger partial charge in [-0.3, -0.25) is 4.79 Å². The topological polar surface area (TPSA) is 41.1 Å². The van der Waals surface area contributed by atoms with Crippen LogP contribution in [0, 0.1) is 0 Å². The Kier molecular flexibility index (Phi) is 1.66. The molecule has 0 bridgehead atoms. The first-order chi connectivity index (χ1) is 4.18. The fraction of sp³-hybridized carbons (Fsp3) is 0.400. The summed E-state index contributed by atoms with van der Waals surface area (Å²) in [7, 11) is 0. The van der Waals surface area contributed by atoms with Gasteiger partial charge in [0.05, 0.1) is 0 Å². The third-order valence-electron chi connectivity index (χ3n) is 0.991. The molecule has 1 unspecified atom stereocenters. The number of thiol groups is 1. The van der Waals surface area contributed by atoms with Gasteiger partial charge < -0.3 is 10.6 Å². The van der Waals surface area contributed by atoms with Crippen LogP contribution in [-0.4, -0.2) is 11.4 Å². The molecule has 0 spiro atoms. The van der Waals surface area contributed by atoms with Crippen LogP contribution in [0.3, 0.4) is 0 Å². The predicted molar refractivity (Wildman–Crippen MR) is 37.8 cm³/mol. The van der Waals surface area contributed by atoms with Crippen molar-refractivity contribution >= 4 is 18.5 Å². The van der Waals surface area contributed by atoms with Crippen LogP contribution in [0.2, 0.25) is 0 Å². The van der Waals surface area contributed by atoms with E-state index in [9.17, 15) is 4.79 Å². The number of rotatable bonds is 0. The molecule has 50 valence electrons. The van der Waals surface area contributed by atoms with Crippen LogP contribution in [0.4, 0.5) is 0 Å². The molecule has 0 saturated carbocycles. The van der Waals surface area contributed by atoms with Gasteiger partial charge in [0.15, 0.2) is 0 Å². The molecule has 0 saturated heterocycles. The van der Waals surface area contributed by atoms with Crippen LogP contribution in [0.25, 0.3) is 0 Å². The predicted octanol–water partition coefficient (Wildman–Crippen LogP) is -0.177. The van der Waals surface area contributed by atoms with Crippen molar-refractivity contribution in [2.75, 3.05) is 0 Å². The lowest BCUT2D eigenvalue weighted by Gasteiger charge is -2.19. The third kappa shape index (κ3) is 1.64. The molecule has 1 atom stereocenters. The number of carbonyl (C=O) groups excluding carboxylic acids is 1. The van der Waals surface area contributed by atoms with Gasteiger partial charge in [0, 0.05) is 11.8 Å². The smallest absolute Gasteiger partial charge is 0.247 e. The van der Waals surface area contributed by atoms with Crippen molar-refractivity contribution in [1.29, 1.82) is 0 Å². The molecular formula is C5H8N2OS. The summed E-state index contributed by atoms with van der Waals surface area (Å²) >= 11 is 4.00. The average molecular weight is 144 g/mol. The molecule has 1 amide bonds. The first-order valence-electron chi connectivity index (χ1n) is 2.62. The SMILES string of the molecule is CC1=CC(=O)NC(S)N1. The molecular weight excluding hydrogens is 136 g/mol. The Labute approximate surface area is 58.9 Å². The second-order valence-electron chi connectivity index (χ2n) is 1.88. The molecule has 0 fully saturated rings. The van der Waals surface area contributed by atoms with Crippen molar-refractivity contribution in [3.63, 3.8) is 0 Å². The Morgan fingerprint density at radius 3 is 2.78 bits per heavy atom. The molecule has 2 N–H and O–H groups in total. The molecule has 1 aliphatic heterocycles. The monoisotopic (exact) mass is 144 g/mol. The van der Waals surface area contributed by atoms with Crippen molar-refractivity contribution < 1.29 is 4.79 Å². The van der Waals surface area contributed by atoms with E-state index in [0.29, 0.717) is 0 Å². The van der Waals surface area contributed by atoms with Crippen LogP contribution in [0.1, 0.15) is 6.92 Å². The Hall–Kier alpha value is -0.640. The lowest BCUT2D eigenvalue weighted by Crippen LogP contribution is -2.44. The lowest BCUT2D eigenvalue weighted by atomic mass is 10.4. The fourth-order valence-electron chi connectivity index (χ4n) is 0.666. The zero-order valence-corrected chi connectivity index (χ0v) is 5.90. The molecule has 0 aromatic carbocycles.